The van der Waals surface area contributed by atoms with Gasteiger partial charge in [-0.15, -0.1) is 0 Å². The average Bonchev–Trinajstić information content (AvgIpc) is 3.34. The van der Waals surface area contributed by atoms with Gasteiger partial charge in [0.25, 0.3) is 0 Å². The Kier molecular flexibility index (Phi) is 53.4. The van der Waals surface area contributed by atoms with Gasteiger partial charge >= 0.3 is 17.9 Å². The highest BCUT2D eigenvalue weighted by Crippen LogP contribution is 2.14. The Morgan fingerprint density at radius 3 is 0.926 bits per heavy atom. The second-order valence-corrected chi connectivity index (χ2v) is 18.8. The Balaban J connectivity index is 4.47. The van der Waals surface area contributed by atoms with E-state index in [0.717, 1.165) is 116 Å². The molecule has 0 aromatic carbocycles. The topological polar surface area (TPSA) is 78.9 Å². The summed E-state index contributed by atoms with van der Waals surface area (Å²) in [6.07, 6.45) is 72.8. The summed E-state index contributed by atoms with van der Waals surface area (Å²) in [7, 11) is 0. The van der Waals surface area contributed by atoms with E-state index in [0.29, 0.717) is 19.3 Å². The molecule has 0 amide bonds. The SMILES string of the molecule is CC/C=C\C/C=C\C/C=C\C/C=C\C/C=C\CCCCCC(=O)OCC(COC(=O)CCCCCCC/C=C\CCCCCCCC)OC(=O)CCCCCCC/C=C\CCCCCCCCC. The monoisotopic (exact) mass is 947 g/mol. The minimum absolute atomic E-state index is 0.0946. The van der Waals surface area contributed by atoms with Gasteiger partial charge in [-0.1, -0.05) is 221 Å². The Labute approximate surface area is 420 Å². The van der Waals surface area contributed by atoms with Crippen LogP contribution in [0.2, 0.25) is 0 Å². The van der Waals surface area contributed by atoms with Crippen LogP contribution in [0.15, 0.2) is 85.1 Å². The van der Waals surface area contributed by atoms with E-state index in [4.69, 9.17) is 14.2 Å². The molecule has 0 N–H and O–H groups in total. The van der Waals surface area contributed by atoms with Gasteiger partial charge in [-0.25, -0.2) is 0 Å². The molecule has 0 fully saturated rings. The molecule has 0 aliphatic rings. The standard InChI is InChI=1S/C62H106O6/c1-4-7-10-13-16-19-22-25-28-30-31-32-35-37-40-43-46-49-52-55-61(64)67-58-59(57-66-60(63)54-51-48-45-42-39-36-33-27-24-21-18-15-12-9-6-3)68-62(65)56-53-50-47-44-41-38-34-29-26-23-20-17-14-11-8-5-2/h7,10,16,19,25,27-29,31-34,37,40,59H,4-6,8-9,11-15,17-18,20-24,26,30,35-36,38-39,41-58H2,1-3H3/b10-7-,19-16-,28-25-,32-31-,33-27-,34-29-,40-37-. The van der Waals surface area contributed by atoms with Crippen molar-refractivity contribution in [3.63, 3.8) is 0 Å². The zero-order valence-corrected chi connectivity index (χ0v) is 44.6. The van der Waals surface area contributed by atoms with Crippen LogP contribution >= 0.6 is 0 Å². The van der Waals surface area contributed by atoms with E-state index >= 15 is 0 Å². The van der Waals surface area contributed by atoms with Crippen molar-refractivity contribution in [3.05, 3.63) is 85.1 Å². The maximum atomic E-state index is 12.8. The van der Waals surface area contributed by atoms with Gasteiger partial charge < -0.3 is 14.2 Å². The van der Waals surface area contributed by atoms with Crippen molar-refractivity contribution < 1.29 is 28.6 Å². The fraction of sp³-hybridized carbons (Fsp3) is 0.726. The first kappa shape index (κ1) is 64.6. The summed E-state index contributed by atoms with van der Waals surface area (Å²) in [5, 5.41) is 0. The summed E-state index contributed by atoms with van der Waals surface area (Å²) >= 11 is 0. The molecule has 0 aliphatic carbocycles. The number of ether oxygens (including phenoxy) is 3. The van der Waals surface area contributed by atoms with E-state index < -0.39 is 6.10 Å². The molecule has 6 heteroatoms. The molecule has 0 radical (unpaired) electrons. The maximum absolute atomic E-state index is 12.8. The van der Waals surface area contributed by atoms with Crippen LogP contribution in [0.1, 0.15) is 271 Å². The zero-order chi connectivity index (χ0) is 49.3. The molecule has 0 bridgehead atoms. The lowest BCUT2D eigenvalue weighted by molar-refractivity contribution is -0.167. The van der Waals surface area contributed by atoms with Crippen LogP contribution in [0.4, 0.5) is 0 Å². The van der Waals surface area contributed by atoms with Crippen molar-refractivity contribution in [2.24, 2.45) is 0 Å². The quantitative estimate of drug-likeness (QED) is 0.0262. The molecule has 1 atom stereocenters. The highest BCUT2D eigenvalue weighted by Gasteiger charge is 2.19. The predicted octanol–water partition coefficient (Wildman–Crippen LogP) is 19.2. The summed E-state index contributed by atoms with van der Waals surface area (Å²) in [5.74, 6) is -0.939. The first-order valence-corrected chi connectivity index (χ1v) is 28.6. The molecule has 0 aromatic rings. The van der Waals surface area contributed by atoms with E-state index in [9.17, 15) is 14.4 Å². The average molecular weight is 948 g/mol. The Morgan fingerprint density at radius 1 is 0.309 bits per heavy atom. The number of esters is 3. The largest absolute Gasteiger partial charge is 0.462 e. The van der Waals surface area contributed by atoms with Crippen molar-refractivity contribution in [2.45, 2.75) is 277 Å². The zero-order valence-electron chi connectivity index (χ0n) is 44.6. The Morgan fingerprint density at radius 2 is 0.574 bits per heavy atom. The number of allylic oxidation sites excluding steroid dienone is 14. The van der Waals surface area contributed by atoms with Crippen molar-refractivity contribution in [1.29, 1.82) is 0 Å². The lowest BCUT2D eigenvalue weighted by atomic mass is 10.1. The van der Waals surface area contributed by atoms with E-state index in [1.807, 2.05) is 0 Å². The minimum atomic E-state index is -0.798. The van der Waals surface area contributed by atoms with Gasteiger partial charge in [-0.3, -0.25) is 14.4 Å². The van der Waals surface area contributed by atoms with E-state index in [1.54, 1.807) is 0 Å². The van der Waals surface area contributed by atoms with Gasteiger partial charge in [0, 0.05) is 19.3 Å². The maximum Gasteiger partial charge on any atom is 0.306 e. The van der Waals surface area contributed by atoms with Crippen LogP contribution < -0.4 is 0 Å². The van der Waals surface area contributed by atoms with Crippen molar-refractivity contribution in [3.8, 4) is 0 Å². The Bertz CT molecular complexity index is 1320. The molecule has 0 saturated carbocycles. The van der Waals surface area contributed by atoms with Gasteiger partial charge in [0.2, 0.25) is 0 Å². The number of unbranched alkanes of at least 4 members (excludes halogenated alkanes) is 26. The molecule has 0 aromatic heterocycles. The van der Waals surface area contributed by atoms with Crippen LogP contribution in [-0.2, 0) is 28.6 Å². The van der Waals surface area contributed by atoms with E-state index in [-0.39, 0.29) is 31.1 Å². The molecule has 0 spiro atoms. The highest BCUT2D eigenvalue weighted by atomic mass is 16.6. The van der Waals surface area contributed by atoms with Crippen molar-refractivity contribution >= 4 is 17.9 Å². The molecule has 0 heterocycles. The summed E-state index contributed by atoms with van der Waals surface area (Å²) in [4.78, 5) is 38.1. The molecule has 390 valence electrons. The number of carbonyl (C=O) groups excluding carboxylic acids is 3. The summed E-state index contributed by atoms with van der Waals surface area (Å²) in [6, 6.07) is 0. The number of carbonyl (C=O) groups is 3. The van der Waals surface area contributed by atoms with Crippen LogP contribution in [0.25, 0.3) is 0 Å². The van der Waals surface area contributed by atoms with E-state index in [1.165, 1.54) is 116 Å². The molecule has 0 aliphatic heterocycles. The second kappa shape index (κ2) is 56.2. The molecular formula is C62H106O6. The van der Waals surface area contributed by atoms with Crippen LogP contribution in [0, 0.1) is 0 Å². The van der Waals surface area contributed by atoms with Crippen LogP contribution in [0.3, 0.4) is 0 Å². The molecule has 0 rings (SSSR count). The number of hydrogen-bond acceptors (Lipinski definition) is 6. The first-order chi connectivity index (χ1) is 33.5. The molecule has 0 saturated heterocycles. The predicted molar refractivity (Wildman–Crippen MR) is 293 cm³/mol. The first-order valence-electron chi connectivity index (χ1n) is 28.6. The molecule has 68 heavy (non-hydrogen) atoms. The minimum Gasteiger partial charge on any atom is -0.462 e. The third-order valence-electron chi connectivity index (χ3n) is 12.1. The van der Waals surface area contributed by atoms with Gasteiger partial charge in [0.1, 0.15) is 13.2 Å². The second-order valence-electron chi connectivity index (χ2n) is 18.8. The third-order valence-corrected chi connectivity index (χ3v) is 12.1. The van der Waals surface area contributed by atoms with Gasteiger partial charge in [0.05, 0.1) is 0 Å². The summed E-state index contributed by atoms with van der Waals surface area (Å²) in [5.41, 5.74) is 0. The molecule has 6 nitrogen and oxygen atoms in total. The van der Waals surface area contributed by atoms with Crippen LogP contribution in [-0.4, -0.2) is 37.2 Å². The molecule has 1 unspecified atom stereocenters. The van der Waals surface area contributed by atoms with Gasteiger partial charge in [0.15, 0.2) is 6.10 Å². The third kappa shape index (κ3) is 53.5. The Hall–Kier alpha value is -3.41. The fourth-order valence-electron chi connectivity index (χ4n) is 7.81. The lowest BCUT2D eigenvalue weighted by Crippen LogP contribution is -2.30. The normalized spacial score (nSPS) is 12.7. The van der Waals surface area contributed by atoms with Gasteiger partial charge in [-0.2, -0.15) is 0 Å². The lowest BCUT2D eigenvalue weighted by Gasteiger charge is -2.18. The van der Waals surface area contributed by atoms with Crippen molar-refractivity contribution in [1.82, 2.24) is 0 Å². The highest BCUT2D eigenvalue weighted by molar-refractivity contribution is 5.71. The van der Waals surface area contributed by atoms with E-state index in [2.05, 4.69) is 106 Å². The number of rotatable bonds is 51. The molecular weight excluding hydrogens is 841 g/mol. The smallest absolute Gasteiger partial charge is 0.306 e. The summed E-state index contributed by atoms with van der Waals surface area (Å²) < 4.78 is 16.8. The van der Waals surface area contributed by atoms with Crippen molar-refractivity contribution in [2.75, 3.05) is 13.2 Å². The summed E-state index contributed by atoms with van der Waals surface area (Å²) in [6.45, 7) is 6.49. The number of hydrogen-bond donors (Lipinski definition) is 0. The van der Waals surface area contributed by atoms with Gasteiger partial charge in [-0.05, 0) is 116 Å². The van der Waals surface area contributed by atoms with Crippen LogP contribution in [0.5, 0.6) is 0 Å². The fourth-order valence-corrected chi connectivity index (χ4v) is 7.81.